The highest BCUT2D eigenvalue weighted by atomic mass is 35.5. The summed E-state index contributed by atoms with van der Waals surface area (Å²) in [4.78, 5) is 0. The van der Waals surface area contributed by atoms with E-state index in [1.54, 1.807) is 5.54 Å². The Morgan fingerprint density at radius 1 is 1.57 bits per heavy atom. The molecule has 1 radical (unpaired) electrons. The van der Waals surface area contributed by atoms with E-state index in [1.165, 1.54) is 0 Å². The lowest BCUT2D eigenvalue weighted by atomic mass is 10.3. The third-order valence-corrected chi connectivity index (χ3v) is 0.888. The smallest absolute Gasteiger partial charge is 0.000245 e. The molecule has 0 spiro atoms. The molecular formula is C6H10Cl. The van der Waals surface area contributed by atoms with Gasteiger partial charge in [0.05, 0.1) is 0 Å². The first-order valence-corrected chi connectivity index (χ1v) is 2.90. The molecule has 0 atom stereocenters. The van der Waals surface area contributed by atoms with Crippen molar-refractivity contribution >= 4 is 11.6 Å². The summed E-state index contributed by atoms with van der Waals surface area (Å²) in [7, 11) is 0. The van der Waals surface area contributed by atoms with Crippen LogP contribution < -0.4 is 0 Å². The first-order valence-electron chi connectivity index (χ1n) is 2.46. The van der Waals surface area contributed by atoms with Crippen LogP contribution in [0.3, 0.4) is 0 Å². The minimum atomic E-state index is 1.00. The van der Waals surface area contributed by atoms with Crippen LogP contribution in [0, 0.1) is 6.92 Å². The molecular weight excluding hydrogens is 108 g/mol. The zero-order valence-corrected chi connectivity index (χ0v) is 5.12. The van der Waals surface area contributed by atoms with Crippen LogP contribution in [0.25, 0.3) is 0 Å². The number of rotatable bonds is 3. The summed E-state index contributed by atoms with van der Waals surface area (Å²) in [5.74, 6) is 0. The lowest BCUT2D eigenvalue weighted by Gasteiger charge is -1.83. The number of allylic oxidation sites excluding steroid dienone is 1. The van der Waals surface area contributed by atoms with Crippen molar-refractivity contribution in [3.8, 4) is 0 Å². The molecule has 0 bridgehead atoms. The summed E-state index contributed by atoms with van der Waals surface area (Å²) in [6.07, 6.45) is 5.14. The molecule has 0 unspecified atom stereocenters. The minimum absolute atomic E-state index is 1.00. The van der Waals surface area contributed by atoms with Gasteiger partial charge in [-0.2, -0.15) is 0 Å². The second kappa shape index (κ2) is 6.03. The van der Waals surface area contributed by atoms with Crippen molar-refractivity contribution in [3.05, 3.63) is 18.5 Å². The maximum atomic E-state index is 5.24. The third-order valence-electron chi connectivity index (χ3n) is 0.710. The van der Waals surface area contributed by atoms with Crippen molar-refractivity contribution in [2.75, 3.05) is 0 Å². The van der Waals surface area contributed by atoms with E-state index < -0.39 is 0 Å². The van der Waals surface area contributed by atoms with E-state index >= 15 is 0 Å². The average Bonchev–Trinajstić information content (AvgIpc) is 1.69. The summed E-state index contributed by atoms with van der Waals surface area (Å²) in [6, 6.07) is 0. The molecule has 0 aliphatic rings. The summed E-state index contributed by atoms with van der Waals surface area (Å²) in [5.41, 5.74) is 1.55. The van der Waals surface area contributed by atoms with Gasteiger partial charge in [-0.1, -0.05) is 31.0 Å². The fourth-order valence-corrected chi connectivity index (χ4v) is 0.451. The van der Waals surface area contributed by atoms with Gasteiger partial charge in [0.2, 0.25) is 0 Å². The summed E-state index contributed by atoms with van der Waals surface area (Å²) >= 11 is 5.24. The predicted octanol–water partition coefficient (Wildman–Crippen LogP) is 2.74. The molecule has 0 aromatic heterocycles. The van der Waals surface area contributed by atoms with Crippen molar-refractivity contribution in [2.45, 2.75) is 19.3 Å². The molecule has 0 aromatic rings. The molecule has 41 valence electrons. The van der Waals surface area contributed by atoms with Crippen LogP contribution in [-0.2, 0) is 0 Å². The van der Waals surface area contributed by atoms with Gasteiger partial charge in [-0.15, -0.1) is 0 Å². The van der Waals surface area contributed by atoms with E-state index in [0.717, 1.165) is 19.3 Å². The Labute approximate surface area is 50.2 Å². The molecule has 0 saturated carbocycles. The van der Waals surface area contributed by atoms with Gasteiger partial charge in [0.15, 0.2) is 0 Å². The number of hydrogen-bond donors (Lipinski definition) is 0. The molecule has 0 aromatic carbocycles. The molecule has 0 nitrogen and oxygen atoms in total. The fourth-order valence-electron chi connectivity index (χ4n) is 0.325. The Balaban J connectivity index is 2.69. The van der Waals surface area contributed by atoms with E-state index in [9.17, 15) is 0 Å². The molecule has 0 amide bonds. The van der Waals surface area contributed by atoms with Crippen molar-refractivity contribution in [1.82, 2.24) is 0 Å². The van der Waals surface area contributed by atoms with E-state index in [4.69, 9.17) is 11.6 Å². The molecule has 0 aliphatic carbocycles. The molecule has 0 aliphatic heterocycles. The molecule has 0 heterocycles. The van der Waals surface area contributed by atoms with Crippen LogP contribution in [0.5, 0.6) is 0 Å². The molecule has 0 fully saturated rings. The molecule has 7 heavy (non-hydrogen) atoms. The molecule has 0 N–H and O–H groups in total. The van der Waals surface area contributed by atoms with Crippen molar-refractivity contribution in [2.24, 2.45) is 0 Å². The van der Waals surface area contributed by atoms with Crippen LogP contribution in [0.2, 0.25) is 0 Å². The predicted molar refractivity (Wildman–Crippen MR) is 34.2 cm³/mol. The van der Waals surface area contributed by atoms with Gasteiger partial charge in [-0.25, -0.2) is 0 Å². The van der Waals surface area contributed by atoms with Gasteiger partial charge >= 0.3 is 0 Å². The summed E-state index contributed by atoms with van der Waals surface area (Å²) in [5, 5.41) is 0. The Morgan fingerprint density at radius 2 is 2.29 bits per heavy atom. The fraction of sp³-hybridized carbons (Fsp3) is 0.500. The summed E-state index contributed by atoms with van der Waals surface area (Å²) < 4.78 is 0. The van der Waals surface area contributed by atoms with Crippen LogP contribution in [0.15, 0.2) is 11.6 Å². The van der Waals surface area contributed by atoms with Crippen molar-refractivity contribution in [1.29, 1.82) is 0 Å². The first kappa shape index (κ1) is 7.03. The second-order valence-corrected chi connectivity index (χ2v) is 1.61. The largest absolute Gasteiger partial charge is 0.0933 e. The van der Waals surface area contributed by atoms with Gasteiger partial charge < -0.3 is 0 Å². The van der Waals surface area contributed by atoms with Crippen LogP contribution in [-0.4, -0.2) is 0 Å². The number of halogens is 1. The topological polar surface area (TPSA) is 0 Å². The quantitative estimate of drug-likeness (QED) is 0.499. The number of unbranched alkanes of at least 4 members (excludes halogenated alkanes) is 2. The van der Waals surface area contributed by atoms with Gasteiger partial charge in [0.25, 0.3) is 0 Å². The van der Waals surface area contributed by atoms with E-state index in [2.05, 4.69) is 6.92 Å². The van der Waals surface area contributed by atoms with Gasteiger partial charge in [0, 0.05) is 5.54 Å². The Morgan fingerprint density at radius 3 is 2.71 bits per heavy atom. The van der Waals surface area contributed by atoms with Crippen molar-refractivity contribution in [3.63, 3.8) is 0 Å². The highest BCUT2D eigenvalue weighted by Crippen LogP contribution is 1.94. The number of hydrogen-bond acceptors (Lipinski definition) is 0. The monoisotopic (exact) mass is 117 g/mol. The zero-order valence-electron chi connectivity index (χ0n) is 4.36. The van der Waals surface area contributed by atoms with Gasteiger partial charge in [-0.3, -0.25) is 0 Å². The summed E-state index contributed by atoms with van der Waals surface area (Å²) in [6.45, 7) is 3.68. The Hall–Kier alpha value is 0.0300. The van der Waals surface area contributed by atoms with Gasteiger partial charge in [0.1, 0.15) is 0 Å². The normalized spacial score (nSPS) is 10.6. The second-order valence-electron chi connectivity index (χ2n) is 1.36. The zero-order chi connectivity index (χ0) is 5.54. The SMILES string of the molecule is [CH2]CCCC=CCl. The van der Waals surface area contributed by atoms with Crippen LogP contribution in [0.1, 0.15) is 19.3 Å². The van der Waals surface area contributed by atoms with Crippen LogP contribution in [0.4, 0.5) is 0 Å². The van der Waals surface area contributed by atoms with E-state index in [1.807, 2.05) is 6.08 Å². The maximum absolute atomic E-state index is 5.24. The molecule has 0 rings (SSSR count). The Kier molecular flexibility index (Phi) is 6.06. The average molecular weight is 118 g/mol. The van der Waals surface area contributed by atoms with E-state index in [-0.39, 0.29) is 0 Å². The molecule has 1 heteroatoms. The van der Waals surface area contributed by atoms with Crippen LogP contribution >= 0.6 is 11.6 Å². The van der Waals surface area contributed by atoms with Crippen molar-refractivity contribution < 1.29 is 0 Å². The lowest BCUT2D eigenvalue weighted by Crippen LogP contribution is -1.63. The molecule has 0 saturated heterocycles. The highest BCUT2D eigenvalue weighted by Gasteiger charge is 1.73. The lowest BCUT2D eigenvalue weighted by molar-refractivity contribution is 0.867. The Bertz CT molecular complexity index is 48.1. The minimum Gasteiger partial charge on any atom is -0.0933 e. The van der Waals surface area contributed by atoms with E-state index in [0.29, 0.717) is 0 Å². The first-order chi connectivity index (χ1) is 3.41. The third kappa shape index (κ3) is 6.03. The maximum Gasteiger partial charge on any atom is 0.000245 e. The highest BCUT2D eigenvalue weighted by molar-refractivity contribution is 6.25. The standard InChI is InChI=1S/C6H10Cl/c1-2-3-4-5-6-7/h5-6H,1-4H2. The van der Waals surface area contributed by atoms with Gasteiger partial charge in [-0.05, 0) is 12.8 Å².